The third-order valence-corrected chi connectivity index (χ3v) is 4.12. The van der Waals surface area contributed by atoms with E-state index in [9.17, 15) is 4.79 Å². The minimum absolute atomic E-state index is 0.0607. The number of thioether (sulfide) groups is 1. The second kappa shape index (κ2) is 4.86. The van der Waals surface area contributed by atoms with Crippen molar-refractivity contribution < 1.29 is 9.21 Å². The van der Waals surface area contributed by atoms with Crippen molar-refractivity contribution in [1.82, 2.24) is 9.88 Å². The highest BCUT2D eigenvalue weighted by Gasteiger charge is 2.33. The van der Waals surface area contributed by atoms with Gasteiger partial charge in [-0.1, -0.05) is 0 Å². The Hall–Kier alpha value is -1.75. The quantitative estimate of drug-likeness (QED) is 0.850. The maximum atomic E-state index is 11.9. The van der Waals surface area contributed by atoms with Crippen LogP contribution in [0.4, 0.5) is 0 Å². The molecule has 0 spiro atoms. The van der Waals surface area contributed by atoms with Crippen molar-refractivity contribution >= 4 is 17.7 Å². The lowest BCUT2D eigenvalue weighted by molar-refractivity contribution is -0.128. The fourth-order valence-corrected chi connectivity index (χ4v) is 3.19. The van der Waals surface area contributed by atoms with Crippen molar-refractivity contribution in [2.45, 2.75) is 11.9 Å². The second-order valence-corrected chi connectivity index (χ2v) is 5.11. The zero-order valence-corrected chi connectivity index (χ0v) is 10.5. The molecular formula is C13H12N2O2S. The van der Waals surface area contributed by atoms with E-state index in [1.807, 2.05) is 29.2 Å². The van der Waals surface area contributed by atoms with Crippen molar-refractivity contribution in [2.75, 3.05) is 5.75 Å². The zero-order chi connectivity index (χ0) is 12.4. The predicted octanol–water partition coefficient (Wildman–Crippen LogP) is 2.45. The molecule has 1 saturated heterocycles. The summed E-state index contributed by atoms with van der Waals surface area (Å²) in [5.41, 5.74) is 1.10. The molecule has 1 fully saturated rings. The van der Waals surface area contributed by atoms with Crippen LogP contribution in [-0.4, -0.2) is 21.5 Å². The average molecular weight is 260 g/mol. The molecule has 1 aliphatic heterocycles. The monoisotopic (exact) mass is 260 g/mol. The van der Waals surface area contributed by atoms with Gasteiger partial charge in [0.25, 0.3) is 0 Å². The summed E-state index contributed by atoms with van der Waals surface area (Å²) in [6.07, 6.45) is 5.14. The third kappa shape index (κ3) is 2.13. The molecule has 0 saturated carbocycles. The van der Waals surface area contributed by atoms with Gasteiger partial charge in [0.2, 0.25) is 5.91 Å². The standard InChI is InChI=1S/C13H12N2O2S/c16-12-9-18-13(10-3-5-14-6-4-10)15(12)8-11-2-1-7-17-11/h1-7,13H,8-9H2/t13-/m0/s1. The molecule has 0 aliphatic carbocycles. The number of hydrogen-bond acceptors (Lipinski definition) is 4. The van der Waals surface area contributed by atoms with Gasteiger partial charge in [-0.05, 0) is 29.8 Å². The Morgan fingerprint density at radius 2 is 2.22 bits per heavy atom. The highest BCUT2D eigenvalue weighted by Crippen LogP contribution is 2.39. The van der Waals surface area contributed by atoms with E-state index in [1.54, 1.807) is 30.4 Å². The number of nitrogens with zero attached hydrogens (tertiary/aromatic N) is 2. The maximum Gasteiger partial charge on any atom is 0.234 e. The molecule has 5 heteroatoms. The summed E-state index contributed by atoms with van der Waals surface area (Å²) in [6, 6.07) is 7.63. The van der Waals surface area contributed by atoms with Crippen molar-refractivity contribution in [3.8, 4) is 0 Å². The first-order valence-electron chi connectivity index (χ1n) is 5.68. The van der Waals surface area contributed by atoms with Crippen molar-refractivity contribution in [3.63, 3.8) is 0 Å². The van der Waals surface area contributed by atoms with Gasteiger partial charge in [-0.3, -0.25) is 9.78 Å². The van der Waals surface area contributed by atoms with Crippen LogP contribution in [0.3, 0.4) is 0 Å². The molecule has 0 unspecified atom stereocenters. The highest BCUT2D eigenvalue weighted by molar-refractivity contribution is 8.00. The normalized spacial score (nSPS) is 19.4. The van der Waals surface area contributed by atoms with E-state index < -0.39 is 0 Å². The van der Waals surface area contributed by atoms with Crippen molar-refractivity contribution in [2.24, 2.45) is 0 Å². The Bertz CT molecular complexity index is 527. The molecule has 92 valence electrons. The Kier molecular flexibility index (Phi) is 3.06. The Labute approximate surface area is 109 Å². The maximum absolute atomic E-state index is 11.9. The van der Waals surface area contributed by atoms with Crippen LogP contribution in [0.25, 0.3) is 0 Å². The Morgan fingerprint density at radius 3 is 2.94 bits per heavy atom. The van der Waals surface area contributed by atoms with E-state index in [0.717, 1.165) is 11.3 Å². The number of pyridine rings is 1. The van der Waals surface area contributed by atoms with Gasteiger partial charge >= 0.3 is 0 Å². The Morgan fingerprint density at radius 1 is 1.39 bits per heavy atom. The number of aromatic nitrogens is 1. The molecule has 1 atom stereocenters. The first-order chi connectivity index (χ1) is 8.84. The molecular weight excluding hydrogens is 248 g/mol. The Balaban J connectivity index is 1.84. The molecule has 1 aliphatic rings. The molecule has 0 N–H and O–H groups in total. The average Bonchev–Trinajstić information content (AvgIpc) is 3.03. The number of hydrogen-bond donors (Lipinski definition) is 0. The topological polar surface area (TPSA) is 46.3 Å². The smallest absolute Gasteiger partial charge is 0.234 e. The van der Waals surface area contributed by atoms with E-state index in [1.165, 1.54) is 0 Å². The summed E-state index contributed by atoms with van der Waals surface area (Å²) in [5.74, 6) is 1.48. The van der Waals surface area contributed by atoms with Gasteiger partial charge in [0.15, 0.2) is 0 Å². The lowest BCUT2D eigenvalue weighted by Crippen LogP contribution is -2.27. The van der Waals surface area contributed by atoms with Crippen LogP contribution in [0.1, 0.15) is 16.7 Å². The molecule has 3 rings (SSSR count). The summed E-state index contributed by atoms with van der Waals surface area (Å²) in [7, 11) is 0. The molecule has 0 aromatic carbocycles. The van der Waals surface area contributed by atoms with E-state index in [0.29, 0.717) is 12.3 Å². The van der Waals surface area contributed by atoms with Gasteiger partial charge < -0.3 is 9.32 Å². The zero-order valence-electron chi connectivity index (χ0n) is 9.65. The molecule has 18 heavy (non-hydrogen) atoms. The van der Waals surface area contributed by atoms with Crippen molar-refractivity contribution in [1.29, 1.82) is 0 Å². The van der Waals surface area contributed by atoms with Crippen LogP contribution in [0.5, 0.6) is 0 Å². The molecule has 2 aromatic rings. The number of amides is 1. The number of furan rings is 1. The van der Waals surface area contributed by atoms with Gasteiger partial charge in [0.1, 0.15) is 11.1 Å². The van der Waals surface area contributed by atoms with Gasteiger partial charge in [0.05, 0.1) is 18.6 Å². The van der Waals surface area contributed by atoms with Crippen LogP contribution in [0, 0.1) is 0 Å². The number of carbonyl (C=O) groups excluding carboxylic acids is 1. The molecule has 2 aromatic heterocycles. The predicted molar refractivity (Wildman–Crippen MR) is 68.7 cm³/mol. The first kappa shape index (κ1) is 11.3. The summed E-state index contributed by atoms with van der Waals surface area (Å²) < 4.78 is 5.31. The summed E-state index contributed by atoms with van der Waals surface area (Å²) in [5, 5.41) is 0.0607. The van der Waals surface area contributed by atoms with Crippen LogP contribution in [-0.2, 0) is 11.3 Å². The van der Waals surface area contributed by atoms with Gasteiger partial charge in [-0.25, -0.2) is 0 Å². The van der Waals surface area contributed by atoms with Crippen LogP contribution in [0.2, 0.25) is 0 Å². The summed E-state index contributed by atoms with van der Waals surface area (Å²) >= 11 is 1.64. The van der Waals surface area contributed by atoms with Gasteiger partial charge in [-0.15, -0.1) is 11.8 Å². The number of rotatable bonds is 3. The SMILES string of the molecule is O=C1CS[C@@H](c2ccncc2)N1Cc1ccco1. The highest BCUT2D eigenvalue weighted by atomic mass is 32.2. The summed E-state index contributed by atoms with van der Waals surface area (Å²) in [4.78, 5) is 17.8. The first-order valence-corrected chi connectivity index (χ1v) is 6.73. The largest absolute Gasteiger partial charge is 0.467 e. The fraction of sp³-hybridized carbons (Fsp3) is 0.231. The van der Waals surface area contributed by atoms with Gasteiger partial charge in [0, 0.05) is 12.4 Å². The minimum atomic E-state index is 0.0607. The van der Waals surface area contributed by atoms with E-state index in [2.05, 4.69) is 4.98 Å². The minimum Gasteiger partial charge on any atom is -0.467 e. The lowest BCUT2D eigenvalue weighted by atomic mass is 10.2. The third-order valence-electron chi connectivity index (χ3n) is 2.87. The lowest BCUT2D eigenvalue weighted by Gasteiger charge is -2.23. The van der Waals surface area contributed by atoms with Crippen LogP contribution >= 0.6 is 11.8 Å². The van der Waals surface area contributed by atoms with Crippen LogP contribution in [0.15, 0.2) is 47.3 Å². The molecule has 0 radical (unpaired) electrons. The molecule has 4 nitrogen and oxygen atoms in total. The van der Waals surface area contributed by atoms with E-state index in [-0.39, 0.29) is 11.3 Å². The summed E-state index contributed by atoms with van der Waals surface area (Å²) in [6.45, 7) is 0.520. The molecule has 0 bridgehead atoms. The van der Waals surface area contributed by atoms with E-state index in [4.69, 9.17) is 4.42 Å². The van der Waals surface area contributed by atoms with E-state index >= 15 is 0 Å². The molecule has 1 amide bonds. The van der Waals surface area contributed by atoms with Gasteiger partial charge in [-0.2, -0.15) is 0 Å². The second-order valence-electron chi connectivity index (χ2n) is 4.04. The molecule has 3 heterocycles. The van der Waals surface area contributed by atoms with Crippen LogP contribution < -0.4 is 0 Å². The fourth-order valence-electron chi connectivity index (χ4n) is 2.00. The number of carbonyl (C=O) groups is 1. The van der Waals surface area contributed by atoms with Crippen molar-refractivity contribution in [3.05, 3.63) is 54.2 Å².